The number of aliphatic hydroxyl groups excluding tert-OH is 1. The standard InChI is InChI=1S/C22H32O2/c1-14(13-23)18-6-7-19-17-5-4-15-12-16(24)8-10-21(15,2)20(17)9-11-22(18,19)3/h4,8,10,14,17-20,23H,5-7,9,11-13H2,1-3H3/t14?,17-,18+,19-,20-,21-,22+/m0/s1. The van der Waals surface area contributed by atoms with Crippen molar-refractivity contribution in [3.63, 3.8) is 0 Å². The first-order chi connectivity index (χ1) is 11.4. The van der Waals surface area contributed by atoms with Gasteiger partial charge in [0.2, 0.25) is 0 Å². The summed E-state index contributed by atoms with van der Waals surface area (Å²) in [5.74, 6) is 3.62. The fraction of sp³-hybridized carbons (Fsp3) is 0.773. The lowest BCUT2D eigenvalue weighted by molar-refractivity contribution is -0.115. The lowest BCUT2D eigenvalue weighted by atomic mass is 9.48. The van der Waals surface area contributed by atoms with Crippen LogP contribution in [0.4, 0.5) is 0 Å². The quantitative estimate of drug-likeness (QED) is 0.756. The molecule has 7 atom stereocenters. The molecule has 1 unspecified atom stereocenters. The van der Waals surface area contributed by atoms with Crippen LogP contribution in [-0.2, 0) is 4.79 Å². The number of aliphatic hydroxyl groups is 1. The van der Waals surface area contributed by atoms with E-state index in [9.17, 15) is 9.90 Å². The van der Waals surface area contributed by atoms with Crippen LogP contribution in [0.5, 0.6) is 0 Å². The van der Waals surface area contributed by atoms with Crippen molar-refractivity contribution in [2.24, 2.45) is 40.4 Å². The maximum absolute atomic E-state index is 11.9. The molecule has 0 aromatic carbocycles. The van der Waals surface area contributed by atoms with Gasteiger partial charge in [0.1, 0.15) is 0 Å². The van der Waals surface area contributed by atoms with Crippen LogP contribution in [0.1, 0.15) is 59.3 Å². The summed E-state index contributed by atoms with van der Waals surface area (Å²) >= 11 is 0. The molecule has 132 valence electrons. The molecule has 1 N–H and O–H groups in total. The van der Waals surface area contributed by atoms with Crippen LogP contribution in [0.3, 0.4) is 0 Å². The Kier molecular flexibility index (Phi) is 3.84. The van der Waals surface area contributed by atoms with Gasteiger partial charge in [0.15, 0.2) is 5.78 Å². The van der Waals surface area contributed by atoms with Crippen LogP contribution >= 0.6 is 0 Å². The second-order valence-electron chi connectivity index (χ2n) is 9.49. The van der Waals surface area contributed by atoms with Crippen LogP contribution in [0.15, 0.2) is 23.8 Å². The number of hydrogen-bond donors (Lipinski definition) is 1. The van der Waals surface area contributed by atoms with E-state index in [2.05, 4.69) is 32.9 Å². The zero-order chi connectivity index (χ0) is 17.1. The minimum Gasteiger partial charge on any atom is -0.396 e. The molecule has 4 rings (SSSR count). The Bertz CT molecular complexity index is 603. The highest BCUT2D eigenvalue weighted by atomic mass is 16.3. The van der Waals surface area contributed by atoms with E-state index >= 15 is 0 Å². The van der Waals surface area contributed by atoms with Gasteiger partial charge in [-0.15, -0.1) is 0 Å². The van der Waals surface area contributed by atoms with E-state index in [0.29, 0.717) is 36.2 Å². The highest BCUT2D eigenvalue weighted by Crippen LogP contribution is 2.66. The van der Waals surface area contributed by atoms with Crippen molar-refractivity contribution in [1.29, 1.82) is 0 Å². The molecule has 0 heterocycles. The predicted octanol–water partition coefficient (Wildman–Crippen LogP) is 4.54. The lowest BCUT2D eigenvalue weighted by Crippen LogP contribution is -2.49. The predicted molar refractivity (Wildman–Crippen MR) is 96.4 cm³/mol. The summed E-state index contributed by atoms with van der Waals surface area (Å²) in [6.45, 7) is 7.46. The van der Waals surface area contributed by atoms with Crippen LogP contribution in [0, 0.1) is 40.4 Å². The molecule has 2 nitrogen and oxygen atoms in total. The van der Waals surface area contributed by atoms with Gasteiger partial charge >= 0.3 is 0 Å². The largest absolute Gasteiger partial charge is 0.396 e. The van der Waals surface area contributed by atoms with Crippen molar-refractivity contribution >= 4 is 5.78 Å². The van der Waals surface area contributed by atoms with Gasteiger partial charge < -0.3 is 5.11 Å². The van der Waals surface area contributed by atoms with Crippen molar-refractivity contribution < 1.29 is 9.90 Å². The smallest absolute Gasteiger partial charge is 0.159 e. The van der Waals surface area contributed by atoms with E-state index in [4.69, 9.17) is 0 Å². The number of carbonyl (C=O) groups excluding carboxylic acids is 1. The van der Waals surface area contributed by atoms with Crippen molar-refractivity contribution in [3.8, 4) is 0 Å². The number of allylic oxidation sites excluding steroid dienone is 4. The van der Waals surface area contributed by atoms with Gasteiger partial charge in [0.05, 0.1) is 0 Å². The average molecular weight is 328 g/mol. The monoisotopic (exact) mass is 328 g/mol. The maximum atomic E-state index is 11.9. The van der Waals surface area contributed by atoms with Crippen LogP contribution in [0.25, 0.3) is 0 Å². The number of carbonyl (C=O) groups is 1. The molecule has 0 saturated heterocycles. The summed E-state index contributed by atoms with van der Waals surface area (Å²) in [5.41, 5.74) is 1.90. The summed E-state index contributed by atoms with van der Waals surface area (Å²) in [6, 6.07) is 0. The van der Waals surface area contributed by atoms with Gasteiger partial charge in [0, 0.05) is 18.4 Å². The minimum absolute atomic E-state index is 0.110. The number of ketones is 1. The fourth-order valence-electron chi connectivity index (χ4n) is 7.21. The molecule has 4 aliphatic carbocycles. The van der Waals surface area contributed by atoms with E-state index in [-0.39, 0.29) is 11.2 Å². The van der Waals surface area contributed by atoms with Gasteiger partial charge in [-0.25, -0.2) is 0 Å². The Morgan fingerprint density at radius 1 is 1.25 bits per heavy atom. The van der Waals surface area contributed by atoms with Crippen LogP contribution in [0.2, 0.25) is 0 Å². The van der Waals surface area contributed by atoms with Crippen LogP contribution < -0.4 is 0 Å². The average Bonchev–Trinajstić information content (AvgIpc) is 2.92. The Labute approximate surface area is 146 Å². The zero-order valence-electron chi connectivity index (χ0n) is 15.4. The number of rotatable bonds is 2. The molecule has 0 spiro atoms. The molecule has 4 aliphatic rings. The van der Waals surface area contributed by atoms with Gasteiger partial charge in [-0.1, -0.05) is 38.5 Å². The summed E-state index contributed by atoms with van der Waals surface area (Å²) in [6.07, 6.45) is 13.5. The van der Waals surface area contributed by atoms with E-state index in [1.165, 1.54) is 31.3 Å². The minimum atomic E-state index is 0.110. The van der Waals surface area contributed by atoms with Crippen molar-refractivity contribution in [3.05, 3.63) is 23.8 Å². The van der Waals surface area contributed by atoms with Crippen LogP contribution in [-0.4, -0.2) is 17.5 Å². The molecular formula is C22H32O2. The normalized spacial score (nSPS) is 48.3. The third-order valence-corrected chi connectivity index (χ3v) is 8.56. The first kappa shape index (κ1) is 16.6. The molecule has 0 bridgehead atoms. The molecule has 2 saturated carbocycles. The lowest BCUT2D eigenvalue weighted by Gasteiger charge is -2.56. The van der Waals surface area contributed by atoms with E-state index in [1.54, 1.807) is 0 Å². The molecule has 2 fully saturated rings. The Hall–Kier alpha value is -0.890. The third-order valence-electron chi connectivity index (χ3n) is 8.56. The van der Waals surface area contributed by atoms with E-state index in [0.717, 1.165) is 18.3 Å². The maximum Gasteiger partial charge on any atom is 0.159 e. The molecule has 2 heteroatoms. The fourth-order valence-corrected chi connectivity index (χ4v) is 7.21. The first-order valence-corrected chi connectivity index (χ1v) is 9.92. The molecule has 0 radical (unpaired) electrons. The number of hydrogen-bond acceptors (Lipinski definition) is 2. The summed E-state index contributed by atoms with van der Waals surface area (Å²) in [7, 11) is 0. The number of fused-ring (bicyclic) bond motifs is 5. The summed E-state index contributed by atoms with van der Waals surface area (Å²) in [4.78, 5) is 11.9. The molecule has 0 amide bonds. The van der Waals surface area contributed by atoms with E-state index < -0.39 is 0 Å². The molecular weight excluding hydrogens is 296 g/mol. The topological polar surface area (TPSA) is 37.3 Å². The van der Waals surface area contributed by atoms with Gasteiger partial charge in [-0.2, -0.15) is 0 Å². The molecule has 0 aromatic heterocycles. The Morgan fingerprint density at radius 2 is 2.04 bits per heavy atom. The van der Waals surface area contributed by atoms with Gasteiger partial charge in [0.25, 0.3) is 0 Å². The summed E-state index contributed by atoms with van der Waals surface area (Å²) in [5, 5.41) is 9.70. The van der Waals surface area contributed by atoms with Crippen molar-refractivity contribution in [2.45, 2.75) is 59.3 Å². The second kappa shape index (κ2) is 5.56. The van der Waals surface area contributed by atoms with Crippen molar-refractivity contribution in [1.82, 2.24) is 0 Å². The zero-order valence-corrected chi connectivity index (χ0v) is 15.4. The third kappa shape index (κ3) is 2.14. The summed E-state index contributed by atoms with van der Waals surface area (Å²) < 4.78 is 0. The Morgan fingerprint density at radius 3 is 2.79 bits per heavy atom. The van der Waals surface area contributed by atoms with Crippen molar-refractivity contribution in [2.75, 3.05) is 6.61 Å². The Balaban J connectivity index is 1.66. The highest BCUT2D eigenvalue weighted by molar-refractivity contribution is 5.93. The van der Waals surface area contributed by atoms with Gasteiger partial charge in [-0.3, -0.25) is 4.79 Å². The second-order valence-corrected chi connectivity index (χ2v) is 9.49. The molecule has 24 heavy (non-hydrogen) atoms. The molecule has 0 aromatic rings. The van der Waals surface area contributed by atoms with Gasteiger partial charge in [-0.05, 0) is 73.2 Å². The van der Waals surface area contributed by atoms with E-state index in [1.807, 2.05) is 6.08 Å². The SMILES string of the molecule is CC(CO)[C@H]1CC[C@H]2[C@@H]3CC=C4CC(=O)C=C[C@]4(C)[C@H]3CC[C@]12C. The molecule has 0 aliphatic heterocycles. The first-order valence-electron chi connectivity index (χ1n) is 9.92. The highest BCUT2D eigenvalue weighted by Gasteiger charge is 2.58.